The molecule has 1 amide bonds. The number of para-hydroxylation sites is 1. The standard InChI is InChI=1S/C25H22N4O3/c1-17-6-8-19(9-7-17)16-32-24-5-3-2-4-21(24)22-14-23(28-27-22)25(31)29-26-15-18-10-12-20(30)13-11-18/h2-15,30H,16H2,1H3,(H,27,28)(H,29,31)/b26-15+. The number of H-pyrrole nitrogens is 1. The van der Waals surface area contributed by atoms with Crippen LogP contribution >= 0.6 is 0 Å². The highest BCUT2D eigenvalue weighted by atomic mass is 16.5. The van der Waals surface area contributed by atoms with Gasteiger partial charge in [-0.05, 0) is 60.5 Å². The molecule has 1 aromatic heterocycles. The van der Waals surface area contributed by atoms with Crippen molar-refractivity contribution in [2.24, 2.45) is 5.10 Å². The van der Waals surface area contributed by atoms with Crippen molar-refractivity contribution in [1.82, 2.24) is 15.6 Å². The van der Waals surface area contributed by atoms with Crippen LogP contribution in [0, 0.1) is 6.92 Å². The zero-order chi connectivity index (χ0) is 22.3. The van der Waals surface area contributed by atoms with Crippen molar-refractivity contribution in [2.45, 2.75) is 13.5 Å². The first kappa shape index (κ1) is 20.9. The smallest absolute Gasteiger partial charge is 0.289 e. The maximum Gasteiger partial charge on any atom is 0.289 e. The van der Waals surface area contributed by atoms with Crippen molar-refractivity contribution in [3.05, 3.63) is 101 Å². The molecule has 4 aromatic rings. The second-order valence-corrected chi connectivity index (χ2v) is 7.23. The molecule has 160 valence electrons. The summed E-state index contributed by atoms with van der Waals surface area (Å²) in [4.78, 5) is 12.4. The first-order valence-corrected chi connectivity index (χ1v) is 10.0. The molecule has 0 saturated heterocycles. The first-order valence-electron chi connectivity index (χ1n) is 10.0. The summed E-state index contributed by atoms with van der Waals surface area (Å²) in [5, 5.41) is 20.2. The molecule has 3 aromatic carbocycles. The van der Waals surface area contributed by atoms with E-state index in [1.165, 1.54) is 11.8 Å². The fourth-order valence-corrected chi connectivity index (χ4v) is 3.01. The number of hydrogen-bond donors (Lipinski definition) is 3. The Labute approximate surface area is 185 Å². The number of nitrogens with one attached hydrogen (secondary N) is 2. The number of amides is 1. The first-order chi connectivity index (χ1) is 15.6. The van der Waals surface area contributed by atoms with Gasteiger partial charge in [-0.1, -0.05) is 42.0 Å². The van der Waals surface area contributed by atoms with Crippen LogP contribution in [-0.2, 0) is 6.61 Å². The zero-order valence-electron chi connectivity index (χ0n) is 17.4. The molecule has 0 aliphatic carbocycles. The van der Waals surface area contributed by atoms with Crippen LogP contribution in [0.4, 0.5) is 0 Å². The highest BCUT2D eigenvalue weighted by Crippen LogP contribution is 2.29. The van der Waals surface area contributed by atoms with Gasteiger partial charge in [0.1, 0.15) is 23.8 Å². The largest absolute Gasteiger partial charge is 0.508 e. The lowest BCUT2D eigenvalue weighted by Crippen LogP contribution is -2.17. The Kier molecular flexibility index (Phi) is 6.27. The Morgan fingerprint density at radius 1 is 1.09 bits per heavy atom. The summed E-state index contributed by atoms with van der Waals surface area (Å²) >= 11 is 0. The minimum atomic E-state index is -0.420. The summed E-state index contributed by atoms with van der Waals surface area (Å²) in [6, 6.07) is 23.8. The van der Waals surface area contributed by atoms with E-state index in [-0.39, 0.29) is 11.4 Å². The lowest BCUT2D eigenvalue weighted by atomic mass is 10.1. The molecule has 0 fully saturated rings. The van der Waals surface area contributed by atoms with E-state index in [4.69, 9.17) is 4.74 Å². The van der Waals surface area contributed by atoms with Crippen molar-refractivity contribution in [2.75, 3.05) is 0 Å². The molecule has 4 rings (SSSR count). The maximum atomic E-state index is 12.4. The van der Waals surface area contributed by atoms with E-state index in [2.05, 4.69) is 20.7 Å². The number of phenolic OH excluding ortho intramolecular Hbond substituents is 1. The molecule has 0 saturated carbocycles. The normalized spacial score (nSPS) is 10.9. The predicted molar refractivity (Wildman–Crippen MR) is 123 cm³/mol. The Morgan fingerprint density at radius 3 is 2.62 bits per heavy atom. The number of hydrazone groups is 1. The molecule has 0 radical (unpaired) electrons. The van der Waals surface area contributed by atoms with Crippen molar-refractivity contribution >= 4 is 12.1 Å². The van der Waals surface area contributed by atoms with Gasteiger partial charge in [-0.15, -0.1) is 0 Å². The van der Waals surface area contributed by atoms with Gasteiger partial charge in [0.15, 0.2) is 0 Å². The van der Waals surface area contributed by atoms with Crippen LogP contribution in [0.2, 0.25) is 0 Å². The second kappa shape index (κ2) is 9.61. The number of ether oxygens (including phenoxy) is 1. The van der Waals surface area contributed by atoms with Crippen molar-refractivity contribution in [3.8, 4) is 22.8 Å². The molecular formula is C25H22N4O3. The van der Waals surface area contributed by atoms with Gasteiger partial charge < -0.3 is 9.84 Å². The lowest BCUT2D eigenvalue weighted by molar-refractivity contribution is 0.0950. The molecular weight excluding hydrogens is 404 g/mol. The Hall–Kier alpha value is -4.39. The molecule has 3 N–H and O–H groups in total. The highest BCUT2D eigenvalue weighted by molar-refractivity contribution is 5.94. The molecule has 0 atom stereocenters. The number of nitrogens with zero attached hydrogens (tertiary/aromatic N) is 2. The number of carbonyl (C=O) groups excluding carboxylic acids is 1. The van der Waals surface area contributed by atoms with E-state index >= 15 is 0 Å². The summed E-state index contributed by atoms with van der Waals surface area (Å²) in [6.45, 7) is 2.48. The second-order valence-electron chi connectivity index (χ2n) is 7.23. The molecule has 32 heavy (non-hydrogen) atoms. The van der Waals surface area contributed by atoms with E-state index in [0.717, 1.165) is 16.7 Å². The molecule has 0 aliphatic rings. The summed E-state index contributed by atoms with van der Waals surface area (Å²) in [5.74, 6) is 0.424. The Bertz CT molecular complexity index is 1230. The average molecular weight is 426 g/mol. The van der Waals surface area contributed by atoms with Gasteiger partial charge in [-0.2, -0.15) is 10.2 Å². The molecule has 7 heteroatoms. The van der Waals surface area contributed by atoms with E-state index in [1.807, 2.05) is 55.5 Å². The van der Waals surface area contributed by atoms with Crippen LogP contribution in [0.5, 0.6) is 11.5 Å². The molecule has 0 unspecified atom stereocenters. The van der Waals surface area contributed by atoms with Crippen molar-refractivity contribution in [3.63, 3.8) is 0 Å². The fourth-order valence-electron chi connectivity index (χ4n) is 3.01. The third kappa shape index (κ3) is 5.20. The number of aromatic amines is 1. The number of phenols is 1. The quantitative estimate of drug-likeness (QED) is 0.301. The summed E-state index contributed by atoms with van der Waals surface area (Å²) in [6.07, 6.45) is 1.49. The fraction of sp³-hybridized carbons (Fsp3) is 0.0800. The van der Waals surface area contributed by atoms with Gasteiger partial charge in [0.05, 0.1) is 11.9 Å². The minimum absolute atomic E-state index is 0.166. The van der Waals surface area contributed by atoms with Crippen LogP contribution in [0.1, 0.15) is 27.2 Å². The van der Waals surface area contributed by atoms with Crippen LogP contribution < -0.4 is 10.2 Å². The molecule has 1 heterocycles. The van der Waals surface area contributed by atoms with Gasteiger partial charge in [0, 0.05) is 5.56 Å². The highest BCUT2D eigenvalue weighted by Gasteiger charge is 2.13. The SMILES string of the molecule is Cc1ccc(COc2ccccc2-c2cc(C(=O)N/N=C/c3ccc(O)cc3)[nH]n2)cc1. The molecule has 0 aliphatic heterocycles. The number of aromatic hydroxyl groups is 1. The number of benzene rings is 3. The number of hydrogen-bond acceptors (Lipinski definition) is 5. The monoisotopic (exact) mass is 426 g/mol. The average Bonchev–Trinajstić information content (AvgIpc) is 3.30. The third-order valence-electron chi connectivity index (χ3n) is 4.77. The number of aromatic nitrogens is 2. The van der Waals surface area contributed by atoms with Crippen LogP contribution in [0.3, 0.4) is 0 Å². The van der Waals surface area contributed by atoms with Crippen molar-refractivity contribution < 1.29 is 14.6 Å². The summed E-state index contributed by atoms with van der Waals surface area (Å²) in [5.41, 5.74) is 7.12. The maximum absolute atomic E-state index is 12.4. The van der Waals surface area contributed by atoms with Gasteiger partial charge in [0.25, 0.3) is 5.91 Å². The van der Waals surface area contributed by atoms with Crippen LogP contribution in [-0.4, -0.2) is 27.4 Å². The minimum Gasteiger partial charge on any atom is -0.508 e. The van der Waals surface area contributed by atoms with E-state index in [0.29, 0.717) is 18.1 Å². The molecule has 7 nitrogen and oxygen atoms in total. The van der Waals surface area contributed by atoms with Gasteiger partial charge in [0.2, 0.25) is 0 Å². The number of aryl methyl sites for hydroxylation is 1. The van der Waals surface area contributed by atoms with E-state index in [1.54, 1.807) is 30.3 Å². The third-order valence-corrected chi connectivity index (χ3v) is 4.77. The number of rotatable bonds is 7. The van der Waals surface area contributed by atoms with Crippen LogP contribution in [0.15, 0.2) is 84.0 Å². The molecule has 0 spiro atoms. The summed E-state index contributed by atoms with van der Waals surface area (Å²) in [7, 11) is 0. The van der Waals surface area contributed by atoms with Crippen LogP contribution in [0.25, 0.3) is 11.3 Å². The summed E-state index contributed by atoms with van der Waals surface area (Å²) < 4.78 is 6.01. The van der Waals surface area contributed by atoms with Gasteiger partial charge >= 0.3 is 0 Å². The Morgan fingerprint density at radius 2 is 1.84 bits per heavy atom. The van der Waals surface area contributed by atoms with E-state index in [9.17, 15) is 9.90 Å². The zero-order valence-corrected chi connectivity index (χ0v) is 17.4. The van der Waals surface area contributed by atoms with Gasteiger partial charge in [-0.3, -0.25) is 9.89 Å². The lowest BCUT2D eigenvalue weighted by Gasteiger charge is -2.10. The van der Waals surface area contributed by atoms with Crippen molar-refractivity contribution in [1.29, 1.82) is 0 Å². The van der Waals surface area contributed by atoms with E-state index < -0.39 is 5.91 Å². The topological polar surface area (TPSA) is 99.6 Å². The number of carbonyl (C=O) groups is 1. The van der Waals surface area contributed by atoms with Gasteiger partial charge in [-0.25, -0.2) is 5.43 Å². The molecule has 0 bridgehead atoms. The Balaban J connectivity index is 1.43. The predicted octanol–water partition coefficient (Wildman–Crippen LogP) is 4.43.